The third-order valence-electron chi connectivity index (χ3n) is 7.09. The molecule has 3 nitrogen and oxygen atoms in total. The fraction of sp³-hybridized carbons (Fsp3) is 0.258. The van der Waals surface area contributed by atoms with Gasteiger partial charge in [0.15, 0.2) is 0 Å². The Hall–Kier alpha value is -3.77. The monoisotopic (exact) mass is 445 g/mol. The van der Waals surface area contributed by atoms with Crippen LogP contribution in [0.1, 0.15) is 50.1 Å². The molecule has 3 aromatic carbocycles. The predicted molar refractivity (Wildman–Crippen MR) is 141 cm³/mol. The van der Waals surface area contributed by atoms with E-state index >= 15 is 0 Å². The van der Waals surface area contributed by atoms with Gasteiger partial charge >= 0.3 is 0 Å². The van der Waals surface area contributed by atoms with Gasteiger partial charge in [-0.2, -0.15) is 5.26 Å². The molecule has 0 amide bonds. The SMILES string of the molecule is Cc1cc(-c2ncc(-c3c(C)cc(C#N)cc3C)nc2-c2cc(C)c(C)c(C)c2)cc(C)c1C. The zero-order chi connectivity index (χ0) is 24.7. The quantitative estimate of drug-likeness (QED) is 0.323. The molecule has 4 rings (SSSR count). The largest absolute Gasteiger partial charge is 0.252 e. The molecule has 0 aliphatic heterocycles. The van der Waals surface area contributed by atoms with Gasteiger partial charge in [-0.1, -0.05) is 0 Å². The van der Waals surface area contributed by atoms with E-state index in [0.29, 0.717) is 5.56 Å². The normalized spacial score (nSPS) is 10.9. The molecule has 0 N–H and O–H groups in total. The molecule has 3 heteroatoms. The molecule has 0 atom stereocenters. The van der Waals surface area contributed by atoms with Gasteiger partial charge < -0.3 is 0 Å². The minimum atomic E-state index is 0.666. The number of benzene rings is 3. The van der Waals surface area contributed by atoms with Gasteiger partial charge in [0.2, 0.25) is 0 Å². The summed E-state index contributed by atoms with van der Waals surface area (Å²) in [5, 5.41) is 9.36. The maximum Gasteiger partial charge on any atom is 0.0991 e. The summed E-state index contributed by atoms with van der Waals surface area (Å²) in [6.45, 7) is 17.0. The van der Waals surface area contributed by atoms with Crippen LogP contribution in [-0.4, -0.2) is 9.97 Å². The molecule has 0 fully saturated rings. The summed E-state index contributed by atoms with van der Waals surface area (Å²) in [6, 6.07) is 14.9. The standard InChI is InChI=1S/C31H31N3/c1-17-11-26(12-18(2)23(17)7)30-31(27-13-19(3)24(8)20(4)14-27)34-28(16-33-30)29-21(5)9-25(15-32)10-22(29)6/h9-14,16H,1-8H3. The molecule has 0 spiro atoms. The summed E-state index contributed by atoms with van der Waals surface area (Å²) in [5.41, 5.74) is 16.1. The van der Waals surface area contributed by atoms with Crippen molar-refractivity contribution >= 4 is 0 Å². The highest BCUT2D eigenvalue weighted by atomic mass is 14.8. The molecule has 1 heterocycles. The fourth-order valence-electron chi connectivity index (χ4n) is 4.70. The number of aryl methyl sites for hydroxylation is 6. The number of hydrogen-bond acceptors (Lipinski definition) is 3. The van der Waals surface area contributed by atoms with Gasteiger partial charge in [-0.25, -0.2) is 4.98 Å². The third-order valence-corrected chi connectivity index (χ3v) is 7.09. The van der Waals surface area contributed by atoms with Crippen LogP contribution >= 0.6 is 0 Å². The first kappa shape index (κ1) is 23.4. The van der Waals surface area contributed by atoms with Crippen LogP contribution < -0.4 is 0 Å². The summed E-state index contributed by atoms with van der Waals surface area (Å²) in [7, 11) is 0. The molecule has 4 aromatic rings. The topological polar surface area (TPSA) is 49.6 Å². The Morgan fingerprint density at radius 2 is 1.03 bits per heavy atom. The van der Waals surface area contributed by atoms with Crippen molar-refractivity contribution in [3.8, 4) is 39.8 Å². The van der Waals surface area contributed by atoms with Crippen molar-refractivity contribution in [2.75, 3.05) is 0 Å². The molecule has 170 valence electrons. The second kappa shape index (κ2) is 8.88. The van der Waals surface area contributed by atoms with Crippen LogP contribution in [0.4, 0.5) is 0 Å². The molecule has 0 unspecified atom stereocenters. The molecule has 34 heavy (non-hydrogen) atoms. The molecule has 0 aliphatic carbocycles. The smallest absolute Gasteiger partial charge is 0.0991 e. The van der Waals surface area contributed by atoms with E-state index in [0.717, 1.165) is 44.9 Å². The van der Waals surface area contributed by atoms with Gasteiger partial charge in [-0.15, -0.1) is 0 Å². The van der Waals surface area contributed by atoms with Gasteiger partial charge in [0.05, 0.1) is 34.9 Å². The van der Waals surface area contributed by atoms with Gasteiger partial charge in [-0.3, -0.25) is 4.98 Å². The predicted octanol–water partition coefficient (Wildman–Crippen LogP) is 7.82. The molecular formula is C31H31N3. The van der Waals surface area contributed by atoms with Gasteiger partial charge in [-0.05, 0) is 136 Å². The molecular weight excluding hydrogens is 414 g/mol. The Balaban J connectivity index is 2.03. The van der Waals surface area contributed by atoms with Crippen LogP contribution in [0.2, 0.25) is 0 Å². The number of rotatable bonds is 3. The average Bonchev–Trinajstić information content (AvgIpc) is 2.79. The van der Waals surface area contributed by atoms with E-state index in [1.54, 1.807) is 0 Å². The minimum Gasteiger partial charge on any atom is -0.252 e. The van der Waals surface area contributed by atoms with Crippen molar-refractivity contribution in [2.45, 2.75) is 55.4 Å². The van der Waals surface area contributed by atoms with Crippen LogP contribution in [0.25, 0.3) is 33.8 Å². The zero-order valence-corrected chi connectivity index (χ0v) is 21.4. The van der Waals surface area contributed by atoms with Crippen LogP contribution in [0.5, 0.6) is 0 Å². The molecule has 1 aromatic heterocycles. The van der Waals surface area contributed by atoms with Crippen molar-refractivity contribution in [3.63, 3.8) is 0 Å². The van der Waals surface area contributed by atoms with Crippen molar-refractivity contribution in [2.24, 2.45) is 0 Å². The second-order valence-corrected chi connectivity index (χ2v) is 9.52. The Labute approximate surface area is 203 Å². The first-order chi connectivity index (χ1) is 16.1. The Kier molecular flexibility index (Phi) is 6.11. The summed E-state index contributed by atoms with van der Waals surface area (Å²) in [4.78, 5) is 10.2. The molecule has 0 aliphatic rings. The lowest BCUT2D eigenvalue weighted by molar-refractivity contribution is 1.18. The molecule has 0 saturated heterocycles. The summed E-state index contributed by atoms with van der Waals surface area (Å²) in [6.07, 6.45) is 1.87. The maximum atomic E-state index is 9.36. The van der Waals surface area contributed by atoms with E-state index in [4.69, 9.17) is 9.97 Å². The van der Waals surface area contributed by atoms with Crippen LogP contribution in [0.15, 0.2) is 42.6 Å². The van der Waals surface area contributed by atoms with Crippen LogP contribution in [0, 0.1) is 66.7 Å². The lowest BCUT2D eigenvalue weighted by Crippen LogP contribution is -2.01. The first-order valence-corrected chi connectivity index (χ1v) is 11.7. The number of hydrogen-bond donors (Lipinski definition) is 0. The lowest BCUT2D eigenvalue weighted by atomic mass is 9.93. The Morgan fingerprint density at radius 3 is 1.47 bits per heavy atom. The minimum absolute atomic E-state index is 0.666. The van der Waals surface area contributed by atoms with Crippen molar-refractivity contribution in [1.29, 1.82) is 5.26 Å². The van der Waals surface area contributed by atoms with E-state index in [1.807, 2.05) is 32.2 Å². The highest BCUT2D eigenvalue weighted by molar-refractivity contribution is 5.82. The highest BCUT2D eigenvalue weighted by Gasteiger charge is 2.18. The zero-order valence-electron chi connectivity index (χ0n) is 21.4. The van der Waals surface area contributed by atoms with Gasteiger partial charge in [0.25, 0.3) is 0 Å². The first-order valence-electron chi connectivity index (χ1n) is 11.7. The van der Waals surface area contributed by atoms with Crippen LogP contribution in [-0.2, 0) is 0 Å². The molecule has 0 saturated carbocycles. The maximum absolute atomic E-state index is 9.36. The van der Waals surface area contributed by atoms with Crippen molar-refractivity contribution in [1.82, 2.24) is 9.97 Å². The Morgan fingerprint density at radius 1 is 0.588 bits per heavy atom. The fourth-order valence-corrected chi connectivity index (χ4v) is 4.70. The van der Waals surface area contributed by atoms with E-state index in [9.17, 15) is 5.26 Å². The van der Waals surface area contributed by atoms with E-state index in [-0.39, 0.29) is 0 Å². The lowest BCUT2D eigenvalue weighted by Gasteiger charge is -2.17. The van der Waals surface area contributed by atoms with Crippen molar-refractivity contribution < 1.29 is 0 Å². The molecule has 0 radical (unpaired) electrons. The summed E-state index contributed by atoms with van der Waals surface area (Å²) >= 11 is 0. The number of nitrogens with zero attached hydrogens (tertiary/aromatic N) is 3. The summed E-state index contributed by atoms with van der Waals surface area (Å²) < 4.78 is 0. The molecule has 0 bridgehead atoms. The third kappa shape index (κ3) is 4.13. The van der Waals surface area contributed by atoms with Gasteiger partial charge in [0, 0.05) is 16.7 Å². The average molecular weight is 446 g/mol. The van der Waals surface area contributed by atoms with Crippen LogP contribution in [0.3, 0.4) is 0 Å². The van der Waals surface area contributed by atoms with E-state index in [2.05, 4.69) is 71.9 Å². The Bertz CT molecular complexity index is 1420. The summed E-state index contributed by atoms with van der Waals surface area (Å²) in [5.74, 6) is 0. The van der Waals surface area contributed by atoms with E-state index < -0.39 is 0 Å². The van der Waals surface area contributed by atoms with E-state index in [1.165, 1.54) is 33.4 Å². The van der Waals surface area contributed by atoms with Crippen molar-refractivity contribution in [3.05, 3.63) is 92.7 Å². The highest BCUT2D eigenvalue weighted by Crippen LogP contribution is 2.36. The number of nitriles is 1. The second-order valence-electron chi connectivity index (χ2n) is 9.52. The van der Waals surface area contributed by atoms with Gasteiger partial charge in [0.1, 0.15) is 0 Å². The number of aromatic nitrogens is 2.